The number of rotatable bonds is 4. The predicted molar refractivity (Wildman–Crippen MR) is 76.6 cm³/mol. The second-order valence-electron chi connectivity index (χ2n) is 4.86. The van der Waals surface area contributed by atoms with Crippen LogP contribution >= 0.6 is 0 Å². The van der Waals surface area contributed by atoms with Crippen LogP contribution in [0.3, 0.4) is 0 Å². The number of fused-ring (bicyclic) bond motifs is 1. The Morgan fingerprint density at radius 3 is 2.90 bits per heavy atom. The predicted octanol–water partition coefficient (Wildman–Crippen LogP) is 3.26. The third-order valence-corrected chi connectivity index (χ3v) is 2.96. The quantitative estimate of drug-likeness (QED) is 0.584. The number of nitro benzene ring substituents is 1. The van der Waals surface area contributed by atoms with Crippen molar-refractivity contribution >= 4 is 28.5 Å². The van der Waals surface area contributed by atoms with E-state index in [0.717, 1.165) is 5.69 Å². The van der Waals surface area contributed by atoms with Gasteiger partial charge in [-0.25, -0.2) is 0 Å². The molecule has 0 saturated heterocycles. The largest absolute Gasteiger partial charge is 0.423 e. The van der Waals surface area contributed by atoms with Crippen LogP contribution in [0.5, 0.6) is 0 Å². The minimum Gasteiger partial charge on any atom is -0.423 e. The summed E-state index contributed by atoms with van der Waals surface area (Å²) in [6, 6.07) is 4.82. The lowest BCUT2D eigenvalue weighted by Crippen LogP contribution is -1.99. The minimum absolute atomic E-state index is 0.0185. The molecule has 0 spiro atoms. The van der Waals surface area contributed by atoms with Crippen molar-refractivity contribution in [3.8, 4) is 0 Å². The first-order valence-electron chi connectivity index (χ1n) is 6.39. The molecule has 0 unspecified atom stereocenters. The highest BCUT2D eigenvalue weighted by atomic mass is 16.6. The maximum Gasteiger partial charge on any atom is 0.300 e. The molecule has 108 valence electrons. The monoisotopic (exact) mass is 287 g/mol. The summed E-state index contributed by atoms with van der Waals surface area (Å²) in [7, 11) is 0. The summed E-state index contributed by atoms with van der Waals surface area (Å²) in [5.74, 6) is 0. The third kappa shape index (κ3) is 2.55. The molecule has 0 bridgehead atoms. The maximum atomic E-state index is 10.7. The molecule has 21 heavy (non-hydrogen) atoms. The van der Waals surface area contributed by atoms with Gasteiger partial charge in [-0.1, -0.05) is 0 Å². The Morgan fingerprint density at radius 2 is 2.24 bits per heavy atom. The number of hydrogen-bond acceptors (Lipinski definition) is 6. The number of nitro groups is 1. The first-order valence-corrected chi connectivity index (χ1v) is 6.39. The first-order chi connectivity index (χ1) is 10.0. The molecular weight excluding hydrogens is 274 g/mol. The summed E-state index contributed by atoms with van der Waals surface area (Å²) in [6.45, 7) is 4.05. The van der Waals surface area contributed by atoms with E-state index in [4.69, 9.17) is 4.42 Å². The number of non-ortho nitro benzene ring substituents is 1. The molecule has 8 heteroatoms. The molecule has 2 aromatic heterocycles. The molecule has 0 aliphatic rings. The molecule has 3 rings (SSSR count). The fourth-order valence-electron chi connectivity index (χ4n) is 1.89. The minimum atomic E-state index is -0.464. The van der Waals surface area contributed by atoms with Gasteiger partial charge < -0.3 is 9.73 Å². The van der Waals surface area contributed by atoms with E-state index in [9.17, 15) is 10.1 Å². The van der Waals surface area contributed by atoms with Gasteiger partial charge in [-0.3, -0.25) is 14.8 Å². The van der Waals surface area contributed by atoms with Crippen molar-refractivity contribution in [3.63, 3.8) is 0 Å². The number of anilines is 2. The Balaban J connectivity index is 1.88. The van der Waals surface area contributed by atoms with Crippen LogP contribution in [-0.4, -0.2) is 19.7 Å². The summed E-state index contributed by atoms with van der Waals surface area (Å²) in [5, 5.41) is 17.9. The van der Waals surface area contributed by atoms with Crippen molar-refractivity contribution in [1.82, 2.24) is 14.8 Å². The lowest BCUT2D eigenvalue weighted by molar-refractivity contribution is -0.384. The summed E-state index contributed by atoms with van der Waals surface area (Å²) >= 11 is 0. The highest BCUT2D eigenvalue weighted by molar-refractivity contribution is 5.77. The van der Waals surface area contributed by atoms with Gasteiger partial charge in [-0.2, -0.15) is 10.1 Å². The van der Waals surface area contributed by atoms with Gasteiger partial charge in [0.05, 0.1) is 16.8 Å². The number of benzene rings is 1. The summed E-state index contributed by atoms with van der Waals surface area (Å²) in [5.41, 5.74) is 1.64. The molecule has 0 aliphatic heterocycles. The van der Waals surface area contributed by atoms with E-state index in [1.54, 1.807) is 10.9 Å². The van der Waals surface area contributed by atoms with Gasteiger partial charge in [-0.15, -0.1) is 0 Å². The molecular formula is C13H13N5O3. The van der Waals surface area contributed by atoms with Gasteiger partial charge in [0.2, 0.25) is 0 Å². The van der Waals surface area contributed by atoms with Crippen molar-refractivity contribution in [1.29, 1.82) is 0 Å². The summed E-state index contributed by atoms with van der Waals surface area (Å²) in [6.07, 6.45) is 3.50. The maximum absolute atomic E-state index is 10.7. The average molecular weight is 287 g/mol. The van der Waals surface area contributed by atoms with Crippen LogP contribution in [0, 0.1) is 10.1 Å². The van der Waals surface area contributed by atoms with E-state index in [-0.39, 0.29) is 17.7 Å². The fraction of sp³-hybridized carbons (Fsp3) is 0.231. The van der Waals surface area contributed by atoms with Crippen LogP contribution < -0.4 is 5.32 Å². The SMILES string of the molecule is CC(C)n1cc(Nc2nc3cc([N+](=O)[O-])ccc3o2)cn1. The molecule has 8 nitrogen and oxygen atoms in total. The molecule has 0 saturated carbocycles. The van der Waals surface area contributed by atoms with E-state index in [0.29, 0.717) is 11.1 Å². The van der Waals surface area contributed by atoms with Crippen LogP contribution in [0.25, 0.3) is 11.1 Å². The molecule has 0 fully saturated rings. The second kappa shape index (κ2) is 4.89. The van der Waals surface area contributed by atoms with Gasteiger partial charge in [-0.05, 0) is 19.9 Å². The second-order valence-corrected chi connectivity index (χ2v) is 4.86. The topological polar surface area (TPSA) is 99.0 Å². The average Bonchev–Trinajstić information content (AvgIpc) is 3.03. The highest BCUT2D eigenvalue weighted by Gasteiger charge is 2.12. The van der Waals surface area contributed by atoms with Gasteiger partial charge in [0.1, 0.15) is 5.52 Å². The molecule has 1 aromatic carbocycles. The Labute approximate surface area is 119 Å². The van der Waals surface area contributed by atoms with Crippen LogP contribution in [0.15, 0.2) is 35.0 Å². The van der Waals surface area contributed by atoms with Crippen LogP contribution in [-0.2, 0) is 0 Å². The fourth-order valence-corrected chi connectivity index (χ4v) is 1.89. The van der Waals surface area contributed by atoms with Crippen LogP contribution in [0.2, 0.25) is 0 Å². The standard InChI is InChI=1S/C13H13N5O3/c1-8(2)17-7-9(6-14-17)15-13-16-11-5-10(18(19)20)3-4-12(11)21-13/h3-8H,1-2H3,(H,15,16). The normalized spacial score (nSPS) is 11.2. The first kappa shape index (κ1) is 13.1. The Hall–Kier alpha value is -2.90. The van der Waals surface area contributed by atoms with Crippen LogP contribution in [0.4, 0.5) is 17.4 Å². The Bertz CT molecular complexity index is 805. The van der Waals surface area contributed by atoms with Crippen molar-refractivity contribution in [3.05, 3.63) is 40.7 Å². The van der Waals surface area contributed by atoms with E-state index in [2.05, 4.69) is 15.4 Å². The van der Waals surface area contributed by atoms with Gasteiger partial charge in [0.15, 0.2) is 5.58 Å². The van der Waals surface area contributed by atoms with E-state index in [1.165, 1.54) is 18.2 Å². The number of nitrogens with zero attached hydrogens (tertiary/aromatic N) is 4. The third-order valence-electron chi connectivity index (χ3n) is 2.96. The van der Waals surface area contributed by atoms with Crippen molar-refractivity contribution in [2.75, 3.05) is 5.32 Å². The van der Waals surface area contributed by atoms with Crippen LogP contribution in [0.1, 0.15) is 19.9 Å². The van der Waals surface area contributed by atoms with E-state index < -0.39 is 4.92 Å². The molecule has 0 atom stereocenters. The number of oxazole rings is 1. The smallest absolute Gasteiger partial charge is 0.300 e. The van der Waals surface area contributed by atoms with E-state index in [1.807, 2.05) is 20.0 Å². The molecule has 0 amide bonds. The zero-order chi connectivity index (χ0) is 15.0. The van der Waals surface area contributed by atoms with Gasteiger partial charge in [0, 0.05) is 24.4 Å². The van der Waals surface area contributed by atoms with Gasteiger partial charge >= 0.3 is 0 Å². The zero-order valence-electron chi connectivity index (χ0n) is 11.5. The Morgan fingerprint density at radius 1 is 1.43 bits per heavy atom. The highest BCUT2D eigenvalue weighted by Crippen LogP contribution is 2.25. The number of hydrogen-bond donors (Lipinski definition) is 1. The summed E-state index contributed by atoms with van der Waals surface area (Å²) in [4.78, 5) is 14.5. The Kier molecular flexibility index (Phi) is 3.05. The number of nitrogens with one attached hydrogen (secondary N) is 1. The van der Waals surface area contributed by atoms with Gasteiger partial charge in [0.25, 0.3) is 11.7 Å². The lowest BCUT2D eigenvalue weighted by Gasteiger charge is -2.02. The molecule has 0 radical (unpaired) electrons. The molecule has 2 heterocycles. The molecule has 0 aliphatic carbocycles. The van der Waals surface area contributed by atoms with Crippen molar-refractivity contribution in [2.45, 2.75) is 19.9 Å². The zero-order valence-corrected chi connectivity index (χ0v) is 11.5. The van der Waals surface area contributed by atoms with E-state index >= 15 is 0 Å². The van der Waals surface area contributed by atoms with Crippen molar-refractivity contribution in [2.24, 2.45) is 0 Å². The molecule has 3 aromatic rings. The van der Waals surface area contributed by atoms with Crippen molar-refractivity contribution < 1.29 is 9.34 Å². The summed E-state index contributed by atoms with van der Waals surface area (Å²) < 4.78 is 7.30. The lowest BCUT2D eigenvalue weighted by atomic mass is 10.3. The number of aromatic nitrogens is 3. The molecule has 1 N–H and O–H groups in total.